The lowest BCUT2D eigenvalue weighted by molar-refractivity contribution is -0.121. The van der Waals surface area contributed by atoms with Crippen molar-refractivity contribution in [2.75, 3.05) is 37.9 Å². The van der Waals surface area contributed by atoms with Gasteiger partial charge in [-0.05, 0) is 78.7 Å². The molecule has 4 aromatic rings. The Morgan fingerprint density at radius 3 is 2.18 bits per heavy atom. The highest BCUT2D eigenvalue weighted by atomic mass is 32.2. The Hall–Kier alpha value is -4.71. The highest BCUT2D eigenvalue weighted by Crippen LogP contribution is 2.45. The van der Waals surface area contributed by atoms with Crippen molar-refractivity contribution < 1.29 is 33.3 Å². The first-order valence-electron chi connectivity index (χ1n) is 23.9. The van der Waals surface area contributed by atoms with Gasteiger partial charge in [-0.2, -0.15) is 16.7 Å². The minimum atomic E-state index is -2.50. The topological polar surface area (TPSA) is 174 Å². The Bertz CT molecular complexity index is 2240. The Morgan fingerprint density at radius 1 is 0.881 bits per heavy atom. The largest absolute Gasteiger partial charge is 0.497 e. The SMILES string of the molecule is COc1ccc(C(OC[C@H]2O[C@@H](n3ccc(NCCCCCCNC(=O)CCCC[C@@H]4SC[C@@H]5NC(=O)N[C@@H]54)nc3=O)[C@H](O[Si](C)(C)C(C)(C)C)[C@@H]2O)(c2ccccc2)c2ccccc2)cc1. The standard InChI is InChI=1S/C51H70N6O8SSi/c1-50(2,3)67(5,6)65-46-45(59)40(33-63-51(35-19-11-9-12-20-35,36-21-13-10-14-22-36)37-25-27-38(62-4)28-26-37)64-47(46)57-32-29-42(55-49(57)61)52-30-17-7-8-18-31-53-43(58)24-16-15-23-41-44-39(34-66-41)54-48(60)56-44/h9-14,19-22,25-29,32,39-41,44-47,59H,7-8,15-18,23-24,30-31,33-34H2,1-6H3,(H,53,58)(H,52,55,61)(H2,54,56,60)/t39-,40+,41-,44-,45+,46+,47+/m0/s1. The van der Waals surface area contributed by atoms with Crippen molar-refractivity contribution in [2.24, 2.45) is 0 Å². The molecule has 0 spiro atoms. The molecule has 67 heavy (non-hydrogen) atoms. The molecule has 0 aliphatic carbocycles. The van der Waals surface area contributed by atoms with E-state index in [0.717, 1.165) is 67.4 Å². The van der Waals surface area contributed by atoms with E-state index in [1.165, 1.54) is 4.57 Å². The number of aliphatic hydroxyl groups is 1. The first kappa shape index (κ1) is 50.2. The number of fused-ring (bicyclic) bond motifs is 1. The first-order chi connectivity index (χ1) is 32.2. The number of unbranched alkanes of at least 4 members (excludes halogenated alkanes) is 4. The second-order valence-corrected chi connectivity index (χ2v) is 25.4. The van der Waals surface area contributed by atoms with Crippen LogP contribution < -0.4 is 31.7 Å². The second-order valence-electron chi connectivity index (χ2n) is 19.4. The molecule has 7 rings (SSSR count). The Balaban J connectivity index is 0.941. The number of methoxy groups -OCH3 is 1. The number of thioether (sulfide) groups is 1. The third kappa shape index (κ3) is 12.1. The molecule has 3 amide bonds. The van der Waals surface area contributed by atoms with Crippen molar-refractivity contribution in [3.05, 3.63) is 124 Å². The summed E-state index contributed by atoms with van der Waals surface area (Å²) in [5.74, 6) is 2.21. The number of nitrogens with zero attached hydrogens (tertiary/aromatic N) is 2. The number of urea groups is 1. The number of aliphatic hydroxyl groups excluding tert-OH is 1. The molecule has 0 radical (unpaired) electrons. The third-order valence-electron chi connectivity index (χ3n) is 13.8. The molecule has 0 saturated carbocycles. The summed E-state index contributed by atoms with van der Waals surface area (Å²) in [5, 5.41) is 24.8. The maximum Gasteiger partial charge on any atom is 0.351 e. The van der Waals surface area contributed by atoms with E-state index in [9.17, 15) is 19.5 Å². The molecule has 0 bridgehead atoms. The van der Waals surface area contributed by atoms with Crippen molar-refractivity contribution in [2.45, 2.75) is 138 Å². The number of anilines is 1. The summed E-state index contributed by atoms with van der Waals surface area (Å²) in [5.41, 5.74) is 1.05. The van der Waals surface area contributed by atoms with E-state index >= 15 is 0 Å². The van der Waals surface area contributed by atoms with Gasteiger partial charge in [-0.15, -0.1) is 0 Å². The Morgan fingerprint density at radius 2 is 1.54 bits per heavy atom. The summed E-state index contributed by atoms with van der Waals surface area (Å²) >= 11 is 1.91. The fourth-order valence-electron chi connectivity index (χ4n) is 8.97. The van der Waals surface area contributed by atoms with Crippen LogP contribution in [0.2, 0.25) is 18.1 Å². The number of ether oxygens (including phenoxy) is 3. The van der Waals surface area contributed by atoms with Crippen molar-refractivity contribution >= 4 is 37.8 Å². The average molecular weight is 955 g/mol. The molecule has 3 aliphatic rings. The van der Waals surface area contributed by atoms with Gasteiger partial charge in [0.05, 0.1) is 25.8 Å². The summed E-state index contributed by atoms with van der Waals surface area (Å²) in [6.07, 6.45) is 4.89. The summed E-state index contributed by atoms with van der Waals surface area (Å²) < 4.78 is 27.6. The zero-order valence-electron chi connectivity index (χ0n) is 39.9. The smallest absolute Gasteiger partial charge is 0.351 e. The number of rotatable bonds is 23. The van der Waals surface area contributed by atoms with E-state index in [0.29, 0.717) is 36.3 Å². The van der Waals surface area contributed by atoms with Gasteiger partial charge < -0.3 is 45.0 Å². The summed E-state index contributed by atoms with van der Waals surface area (Å²) in [6, 6.07) is 29.9. The van der Waals surface area contributed by atoms with Crippen LogP contribution in [0.3, 0.4) is 0 Å². The van der Waals surface area contributed by atoms with Crippen molar-refractivity contribution in [3.8, 4) is 5.75 Å². The van der Waals surface area contributed by atoms with Crippen LogP contribution in [-0.4, -0.2) is 103 Å². The molecule has 362 valence electrons. The predicted octanol–water partition coefficient (Wildman–Crippen LogP) is 7.72. The lowest BCUT2D eigenvalue weighted by Crippen LogP contribution is -2.49. The quantitative estimate of drug-likeness (QED) is 0.0213. The van der Waals surface area contributed by atoms with Gasteiger partial charge in [-0.1, -0.05) is 113 Å². The number of carbonyl (C=O) groups excluding carboxylic acids is 2. The van der Waals surface area contributed by atoms with E-state index < -0.39 is 44.1 Å². The van der Waals surface area contributed by atoms with Gasteiger partial charge in [0, 0.05) is 36.7 Å². The van der Waals surface area contributed by atoms with Gasteiger partial charge in [0.1, 0.15) is 35.5 Å². The van der Waals surface area contributed by atoms with Crippen molar-refractivity contribution in [3.63, 3.8) is 0 Å². The van der Waals surface area contributed by atoms with Gasteiger partial charge in [0.2, 0.25) is 5.91 Å². The number of amides is 3. The van der Waals surface area contributed by atoms with Crippen LogP contribution in [0, 0.1) is 0 Å². The predicted molar refractivity (Wildman–Crippen MR) is 266 cm³/mol. The first-order valence-corrected chi connectivity index (χ1v) is 27.8. The van der Waals surface area contributed by atoms with Gasteiger partial charge in [0.25, 0.3) is 0 Å². The van der Waals surface area contributed by atoms with Gasteiger partial charge >= 0.3 is 11.7 Å². The zero-order valence-corrected chi connectivity index (χ0v) is 41.7. The minimum absolute atomic E-state index is 0.0263. The molecule has 4 heterocycles. The molecule has 16 heteroatoms. The van der Waals surface area contributed by atoms with E-state index in [2.05, 4.69) is 60.1 Å². The minimum Gasteiger partial charge on any atom is -0.497 e. The van der Waals surface area contributed by atoms with Crippen molar-refractivity contribution in [1.82, 2.24) is 25.5 Å². The Kier molecular flexibility index (Phi) is 16.9. The fraction of sp³-hybridized carbons (Fsp3) is 0.529. The van der Waals surface area contributed by atoms with Gasteiger partial charge in [-0.25, -0.2) is 9.59 Å². The monoisotopic (exact) mass is 954 g/mol. The molecule has 3 saturated heterocycles. The van der Waals surface area contributed by atoms with E-state index in [-0.39, 0.29) is 35.7 Å². The zero-order chi connectivity index (χ0) is 47.6. The summed E-state index contributed by atoms with van der Waals surface area (Å²) in [4.78, 5) is 42.3. The molecule has 7 atom stereocenters. The van der Waals surface area contributed by atoms with Crippen molar-refractivity contribution in [1.29, 1.82) is 0 Å². The second kappa shape index (κ2) is 22.6. The number of benzene rings is 3. The molecule has 1 aromatic heterocycles. The lowest BCUT2D eigenvalue weighted by atomic mass is 9.80. The molecule has 0 unspecified atom stereocenters. The Labute approximate surface area is 400 Å². The number of aromatic nitrogens is 2. The average Bonchev–Trinajstić information content (AvgIpc) is 3.98. The van der Waals surface area contributed by atoms with Crippen LogP contribution in [0.4, 0.5) is 10.6 Å². The van der Waals surface area contributed by atoms with E-state index in [1.807, 2.05) is 96.7 Å². The lowest BCUT2D eigenvalue weighted by Gasteiger charge is -2.40. The van der Waals surface area contributed by atoms with E-state index in [4.69, 9.17) is 18.6 Å². The number of nitrogens with one attached hydrogen (secondary N) is 4. The van der Waals surface area contributed by atoms with E-state index in [1.54, 1.807) is 19.4 Å². The number of carbonyl (C=O) groups is 2. The van der Waals surface area contributed by atoms with Crippen LogP contribution >= 0.6 is 11.8 Å². The molecule has 3 fully saturated rings. The van der Waals surface area contributed by atoms with Crippen LogP contribution in [0.1, 0.15) is 95.1 Å². The number of hydrogen-bond donors (Lipinski definition) is 5. The highest BCUT2D eigenvalue weighted by Gasteiger charge is 2.52. The molecular weight excluding hydrogens is 885 g/mol. The normalized spacial score (nSPS) is 22.8. The van der Waals surface area contributed by atoms with Crippen LogP contribution in [0.5, 0.6) is 5.75 Å². The molecule has 5 N–H and O–H groups in total. The maximum absolute atomic E-state index is 13.8. The maximum atomic E-state index is 13.8. The summed E-state index contributed by atoms with van der Waals surface area (Å²) in [6.45, 7) is 11.9. The molecule has 14 nitrogen and oxygen atoms in total. The molecular formula is C51H70N6O8SSi. The third-order valence-corrected chi connectivity index (χ3v) is 19.8. The molecule has 3 aliphatic heterocycles. The van der Waals surface area contributed by atoms with Crippen LogP contribution in [0.25, 0.3) is 0 Å². The molecule has 3 aromatic carbocycles. The number of hydrogen-bond acceptors (Lipinski definition) is 11. The summed E-state index contributed by atoms with van der Waals surface area (Å²) in [7, 11) is -0.864. The highest BCUT2D eigenvalue weighted by molar-refractivity contribution is 8.00. The fourth-order valence-corrected chi connectivity index (χ4v) is 11.8. The van der Waals surface area contributed by atoms with Gasteiger partial charge in [-0.3, -0.25) is 9.36 Å². The van der Waals surface area contributed by atoms with Crippen LogP contribution in [-0.2, 0) is 24.3 Å². The van der Waals surface area contributed by atoms with Gasteiger partial charge in [0.15, 0.2) is 14.5 Å². The van der Waals surface area contributed by atoms with Crippen LogP contribution in [0.15, 0.2) is 102 Å².